The van der Waals surface area contributed by atoms with E-state index in [9.17, 15) is 0 Å². The highest BCUT2D eigenvalue weighted by atomic mass is 127. The summed E-state index contributed by atoms with van der Waals surface area (Å²) in [6, 6.07) is 9.04. The number of nitrogens with zero attached hydrogens (tertiary/aromatic N) is 5. The maximum Gasteiger partial charge on any atom is 0.192 e. The first-order valence-electron chi connectivity index (χ1n) is 11.1. The molecule has 0 amide bonds. The summed E-state index contributed by atoms with van der Waals surface area (Å²) in [5.41, 5.74) is 2.60. The molecule has 2 aliphatic rings. The Labute approximate surface area is 196 Å². The van der Waals surface area contributed by atoms with Gasteiger partial charge in [0.2, 0.25) is 0 Å². The Balaban J connectivity index is 0.00000256. The minimum absolute atomic E-state index is 0. The van der Waals surface area contributed by atoms with Crippen LogP contribution in [0.2, 0.25) is 0 Å². The lowest BCUT2D eigenvalue weighted by Gasteiger charge is -2.22. The van der Waals surface area contributed by atoms with E-state index in [4.69, 9.17) is 4.99 Å². The number of halogens is 1. The van der Waals surface area contributed by atoms with Crippen molar-refractivity contribution in [2.75, 3.05) is 24.5 Å². The Morgan fingerprint density at radius 3 is 2.73 bits per heavy atom. The van der Waals surface area contributed by atoms with Gasteiger partial charge >= 0.3 is 0 Å². The molecular weight excluding hydrogens is 489 g/mol. The summed E-state index contributed by atoms with van der Waals surface area (Å²) in [6.45, 7) is 8.99. The molecule has 164 valence electrons. The van der Waals surface area contributed by atoms with Crippen molar-refractivity contribution in [3.05, 3.63) is 41.5 Å². The van der Waals surface area contributed by atoms with Crippen LogP contribution in [0.5, 0.6) is 0 Å². The quantitative estimate of drug-likeness (QED) is 0.344. The van der Waals surface area contributed by atoms with Crippen LogP contribution < -0.4 is 15.5 Å². The number of nitrogens with one attached hydrogen (secondary N) is 2. The predicted octanol–water partition coefficient (Wildman–Crippen LogP) is 3.65. The standard InChI is InChI=1S/C22H33N7.HI/c1-3-23-22(24-16-21-27-26-20-11-4-5-14-29(20)21)25-17(2)18-9-8-10-19(15-18)28-12-6-7-13-28;/h8-10,15,17H,3-7,11-14,16H2,1-2H3,(H2,23,24,25);1H. The highest BCUT2D eigenvalue weighted by Crippen LogP contribution is 2.24. The van der Waals surface area contributed by atoms with Crippen LogP contribution in [-0.4, -0.2) is 40.4 Å². The van der Waals surface area contributed by atoms with E-state index in [1.54, 1.807) is 0 Å². The lowest BCUT2D eigenvalue weighted by atomic mass is 10.1. The average molecular weight is 523 g/mol. The average Bonchev–Trinajstić information content (AvgIpc) is 3.42. The van der Waals surface area contributed by atoms with Crippen LogP contribution in [0.15, 0.2) is 29.3 Å². The van der Waals surface area contributed by atoms with E-state index >= 15 is 0 Å². The van der Waals surface area contributed by atoms with E-state index in [2.05, 4.69) is 68.4 Å². The number of aliphatic imine (C=N–C) groups is 1. The van der Waals surface area contributed by atoms with Gasteiger partial charge in [-0.1, -0.05) is 12.1 Å². The monoisotopic (exact) mass is 523 g/mol. The van der Waals surface area contributed by atoms with Gasteiger partial charge in [0, 0.05) is 38.3 Å². The number of fused-ring (bicyclic) bond motifs is 1. The van der Waals surface area contributed by atoms with Crippen LogP contribution in [0.4, 0.5) is 5.69 Å². The summed E-state index contributed by atoms with van der Waals surface area (Å²) in [5, 5.41) is 15.6. The summed E-state index contributed by atoms with van der Waals surface area (Å²) in [7, 11) is 0. The number of benzene rings is 1. The van der Waals surface area contributed by atoms with Crippen molar-refractivity contribution in [2.24, 2.45) is 4.99 Å². The zero-order valence-electron chi connectivity index (χ0n) is 18.1. The van der Waals surface area contributed by atoms with Crippen LogP contribution in [0.1, 0.15) is 62.8 Å². The maximum absolute atomic E-state index is 4.79. The van der Waals surface area contributed by atoms with E-state index < -0.39 is 0 Å². The summed E-state index contributed by atoms with van der Waals surface area (Å²) >= 11 is 0. The minimum atomic E-state index is 0. The second kappa shape index (κ2) is 11.0. The predicted molar refractivity (Wildman–Crippen MR) is 133 cm³/mol. The maximum atomic E-state index is 4.79. The number of hydrogen-bond acceptors (Lipinski definition) is 4. The summed E-state index contributed by atoms with van der Waals surface area (Å²) in [5.74, 6) is 2.88. The van der Waals surface area contributed by atoms with Gasteiger partial charge in [0.15, 0.2) is 11.8 Å². The number of aromatic nitrogens is 3. The first kappa shape index (κ1) is 22.8. The number of hydrogen-bond donors (Lipinski definition) is 2. The molecule has 1 saturated heterocycles. The van der Waals surface area contributed by atoms with Gasteiger partial charge in [-0.3, -0.25) is 0 Å². The van der Waals surface area contributed by atoms with Gasteiger partial charge in [-0.05, 0) is 57.2 Å². The molecule has 0 aliphatic carbocycles. The third-order valence-corrected chi connectivity index (χ3v) is 5.85. The van der Waals surface area contributed by atoms with Gasteiger partial charge in [-0.25, -0.2) is 4.99 Å². The molecule has 8 heteroatoms. The fourth-order valence-electron chi connectivity index (χ4n) is 4.21. The topological polar surface area (TPSA) is 70.4 Å². The largest absolute Gasteiger partial charge is 0.372 e. The van der Waals surface area contributed by atoms with Gasteiger partial charge < -0.3 is 20.1 Å². The van der Waals surface area contributed by atoms with Gasteiger partial charge in [-0.15, -0.1) is 34.2 Å². The third-order valence-electron chi connectivity index (χ3n) is 5.85. The van der Waals surface area contributed by atoms with Gasteiger partial charge in [0.05, 0.1) is 6.04 Å². The minimum Gasteiger partial charge on any atom is -0.372 e. The van der Waals surface area contributed by atoms with Crippen LogP contribution in [0.25, 0.3) is 0 Å². The molecule has 1 unspecified atom stereocenters. The van der Waals surface area contributed by atoms with Crippen LogP contribution in [0.3, 0.4) is 0 Å². The van der Waals surface area contributed by atoms with E-state index in [-0.39, 0.29) is 30.0 Å². The van der Waals surface area contributed by atoms with Gasteiger partial charge in [-0.2, -0.15) is 0 Å². The molecule has 0 bridgehead atoms. The van der Waals surface area contributed by atoms with E-state index in [1.165, 1.54) is 36.9 Å². The highest BCUT2D eigenvalue weighted by molar-refractivity contribution is 14.0. The molecule has 2 aromatic rings. The van der Waals surface area contributed by atoms with Crippen LogP contribution in [0, 0.1) is 0 Å². The lowest BCUT2D eigenvalue weighted by molar-refractivity contribution is 0.508. The Kier molecular flexibility index (Phi) is 8.35. The molecule has 0 saturated carbocycles. The Morgan fingerprint density at radius 2 is 1.93 bits per heavy atom. The fourth-order valence-corrected chi connectivity index (χ4v) is 4.21. The second-order valence-corrected chi connectivity index (χ2v) is 7.99. The number of guanidine groups is 1. The fraction of sp³-hybridized carbons (Fsp3) is 0.591. The smallest absolute Gasteiger partial charge is 0.192 e. The Hall–Kier alpha value is -1.84. The summed E-state index contributed by atoms with van der Waals surface area (Å²) in [4.78, 5) is 7.27. The second-order valence-electron chi connectivity index (χ2n) is 7.99. The molecule has 2 N–H and O–H groups in total. The van der Waals surface area contributed by atoms with E-state index in [1.807, 2.05) is 0 Å². The molecule has 30 heavy (non-hydrogen) atoms. The molecule has 2 aliphatic heterocycles. The SMILES string of the molecule is CCNC(=NCc1nnc2n1CCCC2)NC(C)c1cccc(N2CCCC2)c1.I. The van der Waals surface area contributed by atoms with Crippen molar-refractivity contribution >= 4 is 35.6 Å². The third kappa shape index (κ3) is 5.44. The number of rotatable bonds is 6. The number of aryl methyl sites for hydroxylation is 1. The number of anilines is 1. The molecule has 1 aromatic heterocycles. The Morgan fingerprint density at radius 1 is 1.13 bits per heavy atom. The highest BCUT2D eigenvalue weighted by Gasteiger charge is 2.17. The van der Waals surface area contributed by atoms with Gasteiger partial charge in [0.25, 0.3) is 0 Å². The van der Waals surface area contributed by atoms with Crippen molar-refractivity contribution in [3.8, 4) is 0 Å². The lowest BCUT2D eigenvalue weighted by Crippen LogP contribution is -2.38. The zero-order valence-corrected chi connectivity index (χ0v) is 20.4. The molecule has 1 fully saturated rings. The summed E-state index contributed by atoms with van der Waals surface area (Å²) < 4.78 is 2.24. The first-order chi connectivity index (χ1) is 14.2. The molecule has 1 atom stereocenters. The van der Waals surface area contributed by atoms with Crippen LogP contribution in [-0.2, 0) is 19.5 Å². The van der Waals surface area contributed by atoms with Crippen LogP contribution >= 0.6 is 24.0 Å². The summed E-state index contributed by atoms with van der Waals surface area (Å²) in [6.07, 6.45) is 6.02. The van der Waals surface area contributed by atoms with Crippen molar-refractivity contribution in [2.45, 2.75) is 65.1 Å². The zero-order chi connectivity index (χ0) is 20.1. The van der Waals surface area contributed by atoms with Crippen molar-refractivity contribution in [3.63, 3.8) is 0 Å². The molecule has 4 rings (SSSR count). The Bertz CT molecular complexity index is 842. The normalized spacial score (nSPS) is 17.3. The molecule has 0 radical (unpaired) electrons. The molecule has 0 spiro atoms. The first-order valence-corrected chi connectivity index (χ1v) is 11.1. The molecule has 7 nitrogen and oxygen atoms in total. The molecular formula is C22H34IN7. The molecule has 3 heterocycles. The molecule has 1 aromatic carbocycles. The van der Waals surface area contributed by atoms with Crippen molar-refractivity contribution in [1.29, 1.82) is 0 Å². The van der Waals surface area contributed by atoms with Crippen molar-refractivity contribution in [1.82, 2.24) is 25.4 Å². The van der Waals surface area contributed by atoms with Gasteiger partial charge in [0.1, 0.15) is 12.4 Å². The van der Waals surface area contributed by atoms with E-state index in [0.717, 1.165) is 50.2 Å². The van der Waals surface area contributed by atoms with Crippen molar-refractivity contribution < 1.29 is 0 Å². The van der Waals surface area contributed by atoms with E-state index in [0.29, 0.717) is 6.54 Å².